The van der Waals surface area contributed by atoms with E-state index in [2.05, 4.69) is 24.2 Å². The Morgan fingerprint density at radius 1 is 1.39 bits per heavy atom. The van der Waals surface area contributed by atoms with Gasteiger partial charge in [0.15, 0.2) is 0 Å². The van der Waals surface area contributed by atoms with Crippen LogP contribution >= 0.6 is 0 Å². The van der Waals surface area contributed by atoms with Crippen LogP contribution in [0.1, 0.15) is 32.6 Å². The zero-order valence-electron chi connectivity index (χ0n) is 11.7. The van der Waals surface area contributed by atoms with Crippen LogP contribution in [0.4, 0.5) is 0 Å². The first-order chi connectivity index (χ1) is 8.56. The summed E-state index contributed by atoms with van der Waals surface area (Å²) in [5.74, 6) is 1.51. The Morgan fingerprint density at radius 2 is 2.17 bits per heavy atom. The lowest BCUT2D eigenvalue weighted by molar-refractivity contribution is -0.127. The number of likely N-dealkylation sites (tertiary alicyclic amines) is 1. The van der Waals surface area contributed by atoms with Crippen LogP contribution in [0, 0.1) is 17.8 Å². The molecule has 0 aromatic heterocycles. The van der Waals surface area contributed by atoms with Gasteiger partial charge in [-0.25, -0.2) is 0 Å². The van der Waals surface area contributed by atoms with Gasteiger partial charge in [0.1, 0.15) is 0 Å². The largest absolute Gasteiger partial charge is 0.356 e. The number of hydrogen-bond donors (Lipinski definition) is 2. The quantitative estimate of drug-likeness (QED) is 0.783. The van der Waals surface area contributed by atoms with Gasteiger partial charge in [0, 0.05) is 25.0 Å². The van der Waals surface area contributed by atoms with Crippen LogP contribution in [0.15, 0.2) is 0 Å². The minimum absolute atomic E-state index is 0.184. The first-order valence-electron chi connectivity index (χ1n) is 7.28. The Hall–Kier alpha value is -0.610. The fraction of sp³-hybridized carbons (Fsp3) is 0.929. The zero-order valence-corrected chi connectivity index (χ0v) is 11.7. The van der Waals surface area contributed by atoms with E-state index in [1.165, 1.54) is 6.42 Å². The third-order valence-corrected chi connectivity index (χ3v) is 4.60. The first kappa shape index (κ1) is 13.8. The molecule has 18 heavy (non-hydrogen) atoms. The van der Waals surface area contributed by atoms with Crippen molar-refractivity contribution in [1.29, 1.82) is 0 Å². The van der Waals surface area contributed by atoms with Gasteiger partial charge in [-0.05, 0) is 51.1 Å². The molecule has 1 aliphatic heterocycles. The molecule has 1 saturated heterocycles. The van der Waals surface area contributed by atoms with Gasteiger partial charge in [-0.3, -0.25) is 4.79 Å². The smallest absolute Gasteiger partial charge is 0.223 e. The molecule has 0 radical (unpaired) electrons. The maximum atomic E-state index is 12.2. The summed E-state index contributed by atoms with van der Waals surface area (Å²) in [4.78, 5) is 14.5. The van der Waals surface area contributed by atoms with Crippen LogP contribution in [0.2, 0.25) is 0 Å². The molecular weight excluding hydrogens is 226 g/mol. The van der Waals surface area contributed by atoms with Gasteiger partial charge in [0.25, 0.3) is 0 Å². The van der Waals surface area contributed by atoms with Crippen molar-refractivity contribution in [3.63, 3.8) is 0 Å². The van der Waals surface area contributed by atoms with Crippen LogP contribution in [0.5, 0.6) is 0 Å². The van der Waals surface area contributed by atoms with E-state index in [-0.39, 0.29) is 11.8 Å². The maximum Gasteiger partial charge on any atom is 0.223 e. The van der Waals surface area contributed by atoms with Crippen molar-refractivity contribution in [3.05, 3.63) is 0 Å². The predicted molar refractivity (Wildman–Crippen MR) is 73.1 cm³/mol. The molecule has 1 amide bonds. The highest BCUT2D eigenvalue weighted by Crippen LogP contribution is 2.29. The predicted octanol–water partition coefficient (Wildman–Crippen LogP) is 0.818. The standard InChI is InChI=1S/C14H27N3O/c1-10-7-12(15)3-4-13(10)14(18)16-8-11-5-6-17(2)9-11/h10-13H,3-9,15H2,1-2H3,(H,16,18). The highest BCUT2D eigenvalue weighted by molar-refractivity contribution is 5.79. The normalized spacial score (nSPS) is 37.7. The van der Waals surface area contributed by atoms with E-state index in [0.717, 1.165) is 38.9 Å². The van der Waals surface area contributed by atoms with Gasteiger partial charge in [-0.2, -0.15) is 0 Å². The number of amides is 1. The number of nitrogens with zero attached hydrogens (tertiary/aromatic N) is 1. The minimum atomic E-state index is 0.184. The molecule has 2 aliphatic rings. The second kappa shape index (κ2) is 6.02. The number of rotatable bonds is 3. The monoisotopic (exact) mass is 253 g/mol. The van der Waals surface area contributed by atoms with Gasteiger partial charge in [0.2, 0.25) is 5.91 Å². The number of nitrogens with one attached hydrogen (secondary N) is 1. The van der Waals surface area contributed by atoms with E-state index in [0.29, 0.717) is 17.9 Å². The molecule has 1 aliphatic carbocycles. The lowest BCUT2D eigenvalue weighted by atomic mass is 9.77. The summed E-state index contributed by atoms with van der Waals surface area (Å²) in [6.07, 6.45) is 4.15. The van der Waals surface area contributed by atoms with E-state index in [4.69, 9.17) is 5.73 Å². The molecule has 2 rings (SSSR count). The van der Waals surface area contributed by atoms with Crippen molar-refractivity contribution in [1.82, 2.24) is 10.2 Å². The summed E-state index contributed by atoms with van der Waals surface area (Å²) in [5, 5.41) is 3.15. The summed E-state index contributed by atoms with van der Waals surface area (Å²) in [5.41, 5.74) is 5.94. The van der Waals surface area contributed by atoms with Crippen molar-refractivity contribution in [3.8, 4) is 0 Å². The second-order valence-corrected chi connectivity index (χ2v) is 6.32. The molecular formula is C14H27N3O. The topological polar surface area (TPSA) is 58.4 Å². The highest BCUT2D eigenvalue weighted by atomic mass is 16.1. The Balaban J connectivity index is 1.74. The summed E-state index contributed by atoms with van der Waals surface area (Å²) >= 11 is 0. The SMILES string of the molecule is CC1CC(N)CCC1C(=O)NCC1CCN(C)C1. The molecule has 1 saturated carbocycles. The van der Waals surface area contributed by atoms with Crippen molar-refractivity contribution >= 4 is 5.91 Å². The Morgan fingerprint density at radius 3 is 2.78 bits per heavy atom. The molecule has 0 aromatic rings. The van der Waals surface area contributed by atoms with E-state index >= 15 is 0 Å². The molecule has 4 heteroatoms. The van der Waals surface area contributed by atoms with Crippen LogP contribution in [-0.4, -0.2) is 43.5 Å². The van der Waals surface area contributed by atoms with E-state index in [1.54, 1.807) is 0 Å². The Bertz CT molecular complexity index is 295. The number of carbonyl (C=O) groups excluding carboxylic acids is 1. The second-order valence-electron chi connectivity index (χ2n) is 6.32. The lowest BCUT2D eigenvalue weighted by Crippen LogP contribution is -2.42. The minimum Gasteiger partial charge on any atom is -0.356 e. The highest BCUT2D eigenvalue weighted by Gasteiger charge is 2.31. The van der Waals surface area contributed by atoms with Gasteiger partial charge in [-0.1, -0.05) is 6.92 Å². The first-order valence-corrected chi connectivity index (χ1v) is 7.28. The van der Waals surface area contributed by atoms with E-state index in [9.17, 15) is 4.79 Å². The van der Waals surface area contributed by atoms with Crippen molar-refractivity contribution < 1.29 is 4.79 Å². The molecule has 2 fully saturated rings. The third-order valence-electron chi connectivity index (χ3n) is 4.60. The van der Waals surface area contributed by atoms with Crippen LogP contribution in [-0.2, 0) is 4.79 Å². The average molecular weight is 253 g/mol. The molecule has 0 spiro atoms. The fourth-order valence-corrected chi connectivity index (χ4v) is 3.40. The molecule has 1 heterocycles. The van der Waals surface area contributed by atoms with Gasteiger partial charge >= 0.3 is 0 Å². The van der Waals surface area contributed by atoms with Gasteiger partial charge in [0.05, 0.1) is 0 Å². The molecule has 104 valence electrons. The summed E-state index contributed by atoms with van der Waals surface area (Å²) < 4.78 is 0. The van der Waals surface area contributed by atoms with E-state index in [1.807, 2.05) is 0 Å². The molecule has 4 nitrogen and oxygen atoms in total. The van der Waals surface area contributed by atoms with Crippen molar-refractivity contribution in [2.24, 2.45) is 23.5 Å². The summed E-state index contributed by atoms with van der Waals surface area (Å²) in [6, 6.07) is 0.299. The molecule has 0 bridgehead atoms. The fourth-order valence-electron chi connectivity index (χ4n) is 3.40. The van der Waals surface area contributed by atoms with Crippen LogP contribution in [0.25, 0.3) is 0 Å². The Kier molecular flexibility index (Phi) is 4.62. The van der Waals surface area contributed by atoms with Gasteiger partial charge < -0.3 is 16.0 Å². The number of carbonyl (C=O) groups is 1. The summed E-state index contributed by atoms with van der Waals surface area (Å²) in [7, 11) is 2.15. The van der Waals surface area contributed by atoms with Gasteiger partial charge in [-0.15, -0.1) is 0 Å². The molecule has 4 atom stereocenters. The lowest BCUT2D eigenvalue weighted by Gasteiger charge is -2.31. The summed E-state index contributed by atoms with van der Waals surface area (Å²) in [6.45, 7) is 5.28. The third kappa shape index (κ3) is 3.45. The number of hydrogen-bond acceptors (Lipinski definition) is 3. The molecule has 3 N–H and O–H groups in total. The van der Waals surface area contributed by atoms with Crippen LogP contribution in [0.3, 0.4) is 0 Å². The maximum absolute atomic E-state index is 12.2. The molecule has 0 aromatic carbocycles. The number of nitrogens with two attached hydrogens (primary N) is 1. The zero-order chi connectivity index (χ0) is 13.1. The van der Waals surface area contributed by atoms with Crippen LogP contribution < -0.4 is 11.1 Å². The van der Waals surface area contributed by atoms with Crippen molar-refractivity contribution in [2.45, 2.75) is 38.6 Å². The average Bonchev–Trinajstić information content (AvgIpc) is 2.72. The van der Waals surface area contributed by atoms with Crippen molar-refractivity contribution in [2.75, 3.05) is 26.7 Å². The van der Waals surface area contributed by atoms with E-state index < -0.39 is 0 Å². The Labute approximate surface area is 110 Å². The molecule has 4 unspecified atom stereocenters.